The average Bonchev–Trinajstić information content (AvgIpc) is 2.25. The summed E-state index contributed by atoms with van der Waals surface area (Å²) in [7, 11) is -4.95. The van der Waals surface area contributed by atoms with E-state index in [-0.39, 0.29) is 5.75 Å². The molecule has 0 spiro atoms. The maximum absolute atomic E-state index is 11.3. The van der Waals surface area contributed by atoms with Crippen molar-refractivity contribution in [1.29, 1.82) is 0 Å². The second-order valence-corrected chi connectivity index (χ2v) is 7.38. The Balaban J connectivity index is 6.09. The molecule has 3 N–H and O–H groups in total. The molecule has 19 heavy (non-hydrogen) atoms. The molecule has 0 aromatic carbocycles. The third-order valence-electron chi connectivity index (χ3n) is 2.28. The van der Waals surface area contributed by atoms with Gasteiger partial charge in [-0.25, -0.2) is 0 Å². The smallest absolute Gasteiger partial charge is 0.322 e. The summed E-state index contributed by atoms with van der Waals surface area (Å²) in [5, 5.41) is 12.6. The van der Waals surface area contributed by atoms with E-state index in [1.54, 1.807) is 0 Å². The first-order chi connectivity index (χ1) is 8.40. The Hall–Kier alpha value is 0.250. The lowest BCUT2D eigenvalue weighted by molar-refractivity contribution is -0.145. The molecule has 0 radical (unpaired) electrons. The van der Waals surface area contributed by atoms with E-state index in [0.29, 0.717) is 0 Å². The number of carboxylic acids is 2. The molecule has 0 aromatic rings. The molecule has 0 aliphatic heterocycles. The average molecular weight is 369 g/mol. The molecule has 0 heterocycles. The van der Waals surface area contributed by atoms with Crippen LogP contribution in [0.15, 0.2) is 0 Å². The Morgan fingerprint density at radius 2 is 1.63 bits per heavy atom. The largest absolute Gasteiger partial charge is 0.480 e. The molecule has 0 fully saturated rings. The topological polar surface area (TPSA) is 129 Å². The van der Waals surface area contributed by atoms with E-state index >= 15 is 0 Å². The van der Waals surface area contributed by atoms with Crippen LogP contribution in [-0.2, 0) is 19.7 Å². The molecule has 12 heteroatoms. The van der Waals surface area contributed by atoms with Crippen LogP contribution in [-0.4, -0.2) is 61.4 Å². The molecule has 0 bridgehead atoms. The van der Waals surface area contributed by atoms with E-state index in [1.165, 1.54) is 0 Å². The third-order valence-corrected chi connectivity index (χ3v) is 6.72. The van der Waals surface area contributed by atoms with Crippen molar-refractivity contribution in [2.75, 3.05) is 5.75 Å². The Bertz CT molecular complexity index is 462. The van der Waals surface area contributed by atoms with Crippen LogP contribution in [0.3, 0.4) is 0 Å². The Morgan fingerprint density at radius 1 is 1.21 bits per heavy atom. The van der Waals surface area contributed by atoms with Crippen molar-refractivity contribution < 1.29 is 32.8 Å². The van der Waals surface area contributed by atoms with Crippen molar-refractivity contribution in [3.63, 3.8) is 0 Å². The molecule has 0 saturated carbocycles. The van der Waals surface area contributed by atoms with E-state index in [4.69, 9.17) is 14.8 Å². The maximum Gasteiger partial charge on any atom is 0.322 e. The fourth-order valence-corrected chi connectivity index (χ4v) is 4.81. The molecule has 0 amide bonds. The Labute approximate surface area is 131 Å². The summed E-state index contributed by atoms with van der Waals surface area (Å²) in [6, 6.07) is 0. The molecule has 112 valence electrons. The van der Waals surface area contributed by atoms with Crippen LogP contribution in [0.5, 0.6) is 0 Å². The highest BCUT2D eigenvalue weighted by atomic mass is 32.2. The quantitative estimate of drug-likeness (QED) is 0.241. The lowest BCUT2D eigenvalue weighted by atomic mass is 9.97. The Morgan fingerprint density at radius 3 is 1.84 bits per heavy atom. The predicted octanol–water partition coefficient (Wildman–Crippen LogP) is -0.393. The normalized spacial score (nSPS) is 20.1. The number of carboxylic acid groups (broad SMARTS) is 2. The van der Waals surface area contributed by atoms with E-state index in [2.05, 4.69) is 50.5 Å². The third kappa shape index (κ3) is 4.11. The summed E-state index contributed by atoms with van der Waals surface area (Å²) in [4.78, 5) is 22.1. The number of hydrogen-bond donors (Lipinski definition) is 7. The van der Waals surface area contributed by atoms with Gasteiger partial charge in [0.15, 0.2) is 4.75 Å². The van der Waals surface area contributed by atoms with Gasteiger partial charge in [0.25, 0.3) is 10.1 Å². The minimum atomic E-state index is -4.95. The first kappa shape index (κ1) is 19.2. The van der Waals surface area contributed by atoms with Gasteiger partial charge in [-0.15, -0.1) is 0 Å². The molecule has 4 atom stereocenters. The van der Waals surface area contributed by atoms with Gasteiger partial charge in [0, 0.05) is 11.0 Å². The molecular formula is C7H12O7S5. The van der Waals surface area contributed by atoms with Crippen molar-refractivity contribution in [3.05, 3.63) is 0 Å². The first-order valence-corrected chi connectivity index (χ1v) is 8.14. The van der Waals surface area contributed by atoms with Gasteiger partial charge >= 0.3 is 11.9 Å². The molecule has 0 rings (SSSR count). The van der Waals surface area contributed by atoms with Gasteiger partial charge in [-0.05, 0) is 0 Å². The molecular weight excluding hydrogens is 356 g/mol. The van der Waals surface area contributed by atoms with E-state index in [1.807, 2.05) is 0 Å². The van der Waals surface area contributed by atoms with Crippen LogP contribution in [0.1, 0.15) is 0 Å². The molecule has 7 nitrogen and oxygen atoms in total. The summed E-state index contributed by atoms with van der Waals surface area (Å²) in [6.07, 6.45) is 0. The van der Waals surface area contributed by atoms with E-state index in [0.717, 1.165) is 0 Å². The van der Waals surface area contributed by atoms with Crippen molar-refractivity contribution in [3.8, 4) is 0 Å². The van der Waals surface area contributed by atoms with Gasteiger partial charge in [-0.1, -0.05) is 0 Å². The predicted molar refractivity (Wildman–Crippen MR) is 81.7 cm³/mol. The zero-order valence-corrected chi connectivity index (χ0v) is 13.5. The minimum absolute atomic E-state index is 0.233. The monoisotopic (exact) mass is 368 g/mol. The van der Waals surface area contributed by atoms with Crippen LogP contribution in [0.4, 0.5) is 0 Å². The standard InChI is InChI=1S/C7H12O7S5/c8-5(9)3(17)7(18,6(10)11)4(2(16)1-15)19(12,13)14/h2-4,15-18H,1H2,(H,8,9)(H,10,11)(H,12,13,14). The molecule has 0 aromatic heterocycles. The highest BCUT2D eigenvalue weighted by Gasteiger charge is 2.58. The van der Waals surface area contributed by atoms with Crippen molar-refractivity contribution >= 4 is 72.6 Å². The number of rotatable bonds is 7. The second kappa shape index (κ2) is 6.80. The summed E-state index contributed by atoms with van der Waals surface area (Å²) in [5.41, 5.74) is 0. The van der Waals surface area contributed by atoms with Gasteiger partial charge in [-0.3, -0.25) is 14.1 Å². The SMILES string of the molecule is O=C(O)C(S)C(S)(C(=O)O)C(C(S)CS)S(=O)(=O)O. The number of aliphatic carboxylic acids is 2. The second-order valence-electron chi connectivity index (χ2n) is 3.56. The first-order valence-electron chi connectivity index (χ1n) is 4.52. The van der Waals surface area contributed by atoms with E-state index < -0.39 is 42.6 Å². The van der Waals surface area contributed by atoms with Crippen molar-refractivity contribution in [2.45, 2.75) is 20.5 Å². The Kier molecular flexibility index (Phi) is 6.89. The zero-order chi connectivity index (χ0) is 15.6. The van der Waals surface area contributed by atoms with Gasteiger partial charge in [0.1, 0.15) is 10.5 Å². The zero-order valence-electron chi connectivity index (χ0n) is 9.11. The summed E-state index contributed by atoms with van der Waals surface area (Å²) in [6.45, 7) is 0. The van der Waals surface area contributed by atoms with Crippen molar-refractivity contribution in [1.82, 2.24) is 0 Å². The summed E-state index contributed by atoms with van der Waals surface area (Å²) in [5.74, 6) is -3.79. The molecule has 4 unspecified atom stereocenters. The number of hydrogen-bond acceptors (Lipinski definition) is 8. The van der Waals surface area contributed by atoms with Gasteiger partial charge in [0.2, 0.25) is 0 Å². The minimum Gasteiger partial charge on any atom is -0.480 e. The van der Waals surface area contributed by atoms with Gasteiger partial charge in [-0.2, -0.15) is 58.9 Å². The van der Waals surface area contributed by atoms with Crippen LogP contribution in [0, 0.1) is 0 Å². The lowest BCUT2D eigenvalue weighted by Crippen LogP contribution is -2.60. The van der Waals surface area contributed by atoms with Crippen LogP contribution < -0.4 is 0 Å². The summed E-state index contributed by atoms with van der Waals surface area (Å²) >= 11 is 14.8. The molecule has 0 saturated heterocycles. The van der Waals surface area contributed by atoms with Crippen LogP contribution in [0.2, 0.25) is 0 Å². The highest BCUT2D eigenvalue weighted by Crippen LogP contribution is 2.36. The lowest BCUT2D eigenvalue weighted by Gasteiger charge is -2.35. The van der Waals surface area contributed by atoms with E-state index in [9.17, 15) is 18.0 Å². The molecule has 0 aliphatic carbocycles. The van der Waals surface area contributed by atoms with Crippen LogP contribution in [0.25, 0.3) is 0 Å². The fraction of sp³-hybridized carbons (Fsp3) is 0.714. The van der Waals surface area contributed by atoms with Gasteiger partial charge < -0.3 is 10.2 Å². The van der Waals surface area contributed by atoms with Crippen LogP contribution >= 0.6 is 50.5 Å². The molecule has 0 aliphatic rings. The fourth-order valence-electron chi connectivity index (χ4n) is 1.40. The number of carbonyl (C=O) groups is 2. The maximum atomic E-state index is 11.3. The number of thiol groups is 4. The highest BCUT2D eigenvalue weighted by molar-refractivity contribution is 7.92. The van der Waals surface area contributed by atoms with Crippen molar-refractivity contribution in [2.24, 2.45) is 0 Å². The summed E-state index contributed by atoms with van der Waals surface area (Å²) < 4.78 is 29.1. The van der Waals surface area contributed by atoms with Gasteiger partial charge in [0.05, 0.1) is 0 Å².